The molecule has 0 unspecified atom stereocenters. The summed E-state index contributed by atoms with van der Waals surface area (Å²) in [6.45, 7) is 13.9. The Labute approximate surface area is 121 Å². The van der Waals surface area contributed by atoms with Gasteiger partial charge in [-0.15, -0.1) is 11.3 Å². The lowest BCUT2D eigenvalue weighted by Crippen LogP contribution is -2.27. The molecule has 0 aromatic carbocycles. The van der Waals surface area contributed by atoms with E-state index >= 15 is 0 Å². The van der Waals surface area contributed by atoms with E-state index < -0.39 is 0 Å². The van der Waals surface area contributed by atoms with Crippen molar-refractivity contribution in [1.29, 1.82) is 0 Å². The summed E-state index contributed by atoms with van der Waals surface area (Å²) in [4.78, 5) is 8.45. The van der Waals surface area contributed by atoms with Crippen LogP contribution < -0.4 is 10.2 Å². The zero-order chi connectivity index (χ0) is 14.1. The van der Waals surface area contributed by atoms with E-state index in [-0.39, 0.29) is 0 Å². The molecule has 1 heterocycles. The van der Waals surface area contributed by atoms with Gasteiger partial charge in [0.25, 0.3) is 0 Å². The Hall–Kier alpha value is -0.650. The van der Waals surface area contributed by atoms with E-state index in [1.165, 1.54) is 10.6 Å². The molecule has 0 radical (unpaired) electrons. The number of hydrogen-bond donors (Lipinski definition) is 1. The highest BCUT2D eigenvalue weighted by Gasteiger charge is 2.13. The predicted molar refractivity (Wildman–Crippen MR) is 83.3 cm³/mol. The van der Waals surface area contributed by atoms with E-state index in [0.29, 0.717) is 0 Å². The molecule has 5 heteroatoms. The Morgan fingerprint density at radius 1 is 1.26 bits per heavy atom. The van der Waals surface area contributed by atoms with Gasteiger partial charge in [0, 0.05) is 31.1 Å². The molecule has 19 heavy (non-hydrogen) atoms. The number of likely N-dealkylation sites (N-methyl/N-ethyl adjacent to an activating group) is 1. The minimum Gasteiger partial charge on any atom is -0.380 e. The molecule has 4 nitrogen and oxygen atoms in total. The lowest BCUT2D eigenvalue weighted by Gasteiger charge is -2.19. The van der Waals surface area contributed by atoms with Crippen LogP contribution in [0.4, 0.5) is 5.13 Å². The maximum Gasteiger partial charge on any atom is 0.185 e. The Bertz CT molecular complexity index is 354. The van der Waals surface area contributed by atoms with Crippen LogP contribution in [0.1, 0.15) is 38.3 Å². The van der Waals surface area contributed by atoms with Crippen LogP contribution in [0.15, 0.2) is 0 Å². The van der Waals surface area contributed by atoms with Crippen LogP contribution in [-0.4, -0.2) is 37.8 Å². The molecule has 0 aliphatic carbocycles. The van der Waals surface area contributed by atoms with Gasteiger partial charge in [-0.05, 0) is 26.8 Å². The molecule has 1 rings (SSSR count). The van der Waals surface area contributed by atoms with Gasteiger partial charge in [-0.25, -0.2) is 4.98 Å². The molecule has 0 atom stereocenters. The molecular weight excluding hydrogens is 258 g/mol. The normalized spacial score (nSPS) is 10.9. The summed E-state index contributed by atoms with van der Waals surface area (Å²) in [5, 5.41) is 4.52. The van der Waals surface area contributed by atoms with E-state index in [4.69, 9.17) is 9.72 Å². The number of thiazole rings is 1. The molecule has 0 bridgehead atoms. The number of aromatic nitrogens is 1. The third-order valence-corrected chi connectivity index (χ3v) is 4.16. The maximum absolute atomic E-state index is 5.44. The van der Waals surface area contributed by atoms with Crippen molar-refractivity contribution in [3.05, 3.63) is 10.6 Å². The first kappa shape index (κ1) is 16.4. The van der Waals surface area contributed by atoms with E-state index in [0.717, 1.165) is 50.9 Å². The van der Waals surface area contributed by atoms with Crippen LogP contribution in [0, 0.1) is 0 Å². The van der Waals surface area contributed by atoms with E-state index in [2.05, 4.69) is 31.0 Å². The van der Waals surface area contributed by atoms with Gasteiger partial charge in [-0.2, -0.15) is 0 Å². The van der Waals surface area contributed by atoms with Crippen LogP contribution >= 0.6 is 11.3 Å². The van der Waals surface area contributed by atoms with Crippen LogP contribution in [0.3, 0.4) is 0 Å². The smallest absolute Gasteiger partial charge is 0.185 e. The van der Waals surface area contributed by atoms with Crippen molar-refractivity contribution in [1.82, 2.24) is 10.3 Å². The number of rotatable bonds is 10. The van der Waals surface area contributed by atoms with Crippen molar-refractivity contribution < 1.29 is 4.74 Å². The zero-order valence-corrected chi connectivity index (χ0v) is 13.5. The molecule has 0 fully saturated rings. The highest BCUT2D eigenvalue weighted by atomic mass is 32.1. The number of nitrogens with one attached hydrogen (secondary N) is 1. The van der Waals surface area contributed by atoms with E-state index in [1.54, 1.807) is 0 Å². The standard InChI is InChI=1S/C14H27N3OS/c1-5-12-13(11-15-6-2)19-14(16-12)17(7-3)9-10-18-8-4/h15H,5-11H2,1-4H3. The van der Waals surface area contributed by atoms with Crippen molar-refractivity contribution in [2.45, 2.75) is 40.7 Å². The number of nitrogens with zero attached hydrogens (tertiary/aromatic N) is 2. The molecule has 0 saturated carbocycles. The minimum atomic E-state index is 0.772. The minimum absolute atomic E-state index is 0.772. The highest BCUT2D eigenvalue weighted by Crippen LogP contribution is 2.26. The average Bonchev–Trinajstić information content (AvgIpc) is 2.84. The lowest BCUT2D eigenvalue weighted by molar-refractivity contribution is 0.154. The molecule has 1 aromatic rings. The topological polar surface area (TPSA) is 37.4 Å². The molecule has 0 aliphatic heterocycles. The third kappa shape index (κ3) is 5.09. The SMILES string of the molecule is CCNCc1sc(N(CC)CCOCC)nc1CC. The quantitative estimate of drug-likeness (QED) is 0.671. The van der Waals surface area contributed by atoms with Gasteiger partial charge in [-0.1, -0.05) is 13.8 Å². The third-order valence-electron chi connectivity index (χ3n) is 3.00. The number of ether oxygens (including phenoxy) is 1. The predicted octanol–water partition coefficient (Wildman–Crippen LogP) is 2.68. The van der Waals surface area contributed by atoms with Crippen LogP contribution in [0.25, 0.3) is 0 Å². The fraction of sp³-hybridized carbons (Fsp3) is 0.786. The molecule has 1 N–H and O–H groups in total. The Morgan fingerprint density at radius 2 is 2.05 bits per heavy atom. The highest BCUT2D eigenvalue weighted by molar-refractivity contribution is 7.15. The number of aryl methyl sites for hydroxylation is 1. The van der Waals surface area contributed by atoms with E-state index in [9.17, 15) is 0 Å². The Kier molecular flexibility index (Phi) is 8.02. The van der Waals surface area contributed by atoms with Gasteiger partial charge in [0.15, 0.2) is 5.13 Å². The second-order valence-corrected chi connectivity index (χ2v) is 5.34. The Morgan fingerprint density at radius 3 is 2.63 bits per heavy atom. The van der Waals surface area contributed by atoms with Crippen molar-refractivity contribution >= 4 is 16.5 Å². The second kappa shape index (κ2) is 9.28. The first-order chi connectivity index (χ1) is 9.26. The fourth-order valence-corrected chi connectivity index (χ4v) is 3.07. The van der Waals surface area contributed by atoms with Crippen molar-refractivity contribution in [3.63, 3.8) is 0 Å². The van der Waals surface area contributed by atoms with Crippen molar-refractivity contribution in [2.75, 3.05) is 37.7 Å². The summed E-state index contributed by atoms with van der Waals surface area (Å²) in [5.74, 6) is 0. The molecule has 0 saturated heterocycles. The largest absolute Gasteiger partial charge is 0.380 e. The molecule has 0 spiro atoms. The maximum atomic E-state index is 5.44. The van der Waals surface area contributed by atoms with Gasteiger partial charge in [0.1, 0.15) is 0 Å². The number of anilines is 1. The second-order valence-electron chi connectivity index (χ2n) is 4.28. The van der Waals surface area contributed by atoms with Crippen LogP contribution in [0.2, 0.25) is 0 Å². The summed E-state index contributed by atoms with van der Waals surface area (Å²) in [6, 6.07) is 0. The van der Waals surface area contributed by atoms with Crippen LogP contribution in [0.5, 0.6) is 0 Å². The van der Waals surface area contributed by atoms with Gasteiger partial charge >= 0.3 is 0 Å². The summed E-state index contributed by atoms with van der Waals surface area (Å²) in [7, 11) is 0. The molecule has 110 valence electrons. The van der Waals surface area contributed by atoms with Gasteiger partial charge in [0.2, 0.25) is 0 Å². The van der Waals surface area contributed by atoms with Crippen molar-refractivity contribution in [2.24, 2.45) is 0 Å². The summed E-state index contributed by atoms with van der Waals surface area (Å²) < 4.78 is 5.44. The summed E-state index contributed by atoms with van der Waals surface area (Å²) >= 11 is 1.81. The average molecular weight is 285 g/mol. The van der Waals surface area contributed by atoms with Gasteiger partial charge in [-0.3, -0.25) is 0 Å². The Balaban J connectivity index is 2.71. The fourth-order valence-electron chi connectivity index (χ4n) is 1.87. The molecular formula is C14H27N3OS. The first-order valence-corrected chi connectivity index (χ1v) is 8.10. The lowest BCUT2D eigenvalue weighted by atomic mass is 10.3. The molecule has 0 aliphatic rings. The van der Waals surface area contributed by atoms with Crippen molar-refractivity contribution in [3.8, 4) is 0 Å². The molecule has 1 aromatic heterocycles. The van der Waals surface area contributed by atoms with Gasteiger partial charge < -0.3 is 15.0 Å². The zero-order valence-electron chi connectivity index (χ0n) is 12.7. The summed E-state index contributed by atoms with van der Waals surface area (Å²) in [5.41, 5.74) is 1.23. The number of hydrogen-bond acceptors (Lipinski definition) is 5. The first-order valence-electron chi connectivity index (χ1n) is 7.28. The monoisotopic (exact) mass is 285 g/mol. The van der Waals surface area contributed by atoms with Gasteiger partial charge in [0.05, 0.1) is 12.3 Å². The summed E-state index contributed by atoms with van der Waals surface area (Å²) in [6.07, 6.45) is 1.00. The van der Waals surface area contributed by atoms with E-state index in [1.807, 2.05) is 18.3 Å². The van der Waals surface area contributed by atoms with Crippen LogP contribution in [-0.2, 0) is 17.7 Å². The molecule has 0 amide bonds.